The molecule has 1 fully saturated rings. The van der Waals surface area contributed by atoms with E-state index in [1.807, 2.05) is 4.90 Å². The van der Waals surface area contributed by atoms with Gasteiger partial charge in [0.1, 0.15) is 12.9 Å². The van der Waals surface area contributed by atoms with Gasteiger partial charge in [0.05, 0.1) is 6.04 Å². The zero-order valence-electron chi connectivity index (χ0n) is 14.5. The number of carbonyl (C=O) groups is 1. The summed E-state index contributed by atoms with van der Waals surface area (Å²) in [5.74, 6) is 0.346. The van der Waals surface area contributed by atoms with E-state index in [-0.39, 0.29) is 24.2 Å². The highest BCUT2D eigenvalue weighted by Crippen LogP contribution is 2.36. The minimum atomic E-state index is -0.264. The molecule has 0 radical (unpaired) electrons. The van der Waals surface area contributed by atoms with Gasteiger partial charge in [0.15, 0.2) is 0 Å². The van der Waals surface area contributed by atoms with Crippen LogP contribution in [0.1, 0.15) is 36.9 Å². The number of aromatic nitrogens is 3. The predicted octanol–water partition coefficient (Wildman–Crippen LogP) is 1.89. The summed E-state index contributed by atoms with van der Waals surface area (Å²) in [6.45, 7) is 4.97. The molecule has 1 amide bonds. The second-order valence-corrected chi connectivity index (χ2v) is 6.74. The summed E-state index contributed by atoms with van der Waals surface area (Å²) < 4.78 is 2.61. The second kappa shape index (κ2) is 6.63. The van der Waals surface area contributed by atoms with Gasteiger partial charge in [0, 0.05) is 13.6 Å². The second-order valence-electron chi connectivity index (χ2n) is 6.74. The molecule has 1 aromatic carbocycles. The highest BCUT2D eigenvalue weighted by atomic mass is 16.2. The summed E-state index contributed by atoms with van der Waals surface area (Å²) in [6, 6.07) is 8.45. The molecule has 0 saturated carbocycles. The highest BCUT2D eigenvalue weighted by Gasteiger charge is 2.33. The van der Waals surface area contributed by atoms with Crippen LogP contribution in [0.15, 0.2) is 35.4 Å². The molecule has 6 nitrogen and oxygen atoms in total. The van der Waals surface area contributed by atoms with Crippen molar-refractivity contribution in [2.24, 2.45) is 13.0 Å². The number of amides is 1. The van der Waals surface area contributed by atoms with Crippen molar-refractivity contribution in [1.82, 2.24) is 19.2 Å². The average Bonchev–Trinajstić information content (AvgIpc) is 2.88. The van der Waals surface area contributed by atoms with Gasteiger partial charge in [0.25, 0.3) is 0 Å². The molecule has 128 valence electrons. The van der Waals surface area contributed by atoms with Crippen LogP contribution in [-0.4, -0.2) is 31.7 Å². The third-order valence-electron chi connectivity index (χ3n) is 4.84. The van der Waals surface area contributed by atoms with E-state index in [9.17, 15) is 9.59 Å². The molecule has 1 aromatic heterocycles. The van der Waals surface area contributed by atoms with E-state index in [2.05, 4.69) is 43.2 Å². The van der Waals surface area contributed by atoms with Crippen molar-refractivity contribution in [3.05, 3.63) is 52.2 Å². The first-order chi connectivity index (χ1) is 11.5. The van der Waals surface area contributed by atoms with E-state index < -0.39 is 0 Å². The Hall–Kier alpha value is -2.37. The molecule has 0 bridgehead atoms. The quantitative estimate of drug-likeness (QED) is 0.864. The SMILES string of the molecule is Cc1ccc([C@H]2[C@@H](C)CCCN2C(=O)Cn2ncn(C)c2=O)cc1. The lowest BCUT2D eigenvalue weighted by atomic mass is 9.85. The number of carbonyl (C=O) groups excluding carboxylic acids is 1. The number of benzene rings is 1. The fourth-order valence-corrected chi connectivity index (χ4v) is 3.49. The van der Waals surface area contributed by atoms with Crippen LogP contribution in [0, 0.1) is 12.8 Å². The Labute approximate surface area is 141 Å². The zero-order valence-corrected chi connectivity index (χ0v) is 14.5. The van der Waals surface area contributed by atoms with Crippen LogP contribution in [0.5, 0.6) is 0 Å². The van der Waals surface area contributed by atoms with Crippen molar-refractivity contribution in [2.75, 3.05) is 6.54 Å². The molecule has 0 unspecified atom stereocenters. The van der Waals surface area contributed by atoms with E-state index in [1.165, 1.54) is 21.1 Å². The minimum absolute atomic E-state index is 0.00520. The van der Waals surface area contributed by atoms with Gasteiger partial charge in [-0.2, -0.15) is 5.10 Å². The number of nitrogens with zero attached hydrogens (tertiary/aromatic N) is 4. The van der Waals surface area contributed by atoms with Crippen molar-refractivity contribution in [3.63, 3.8) is 0 Å². The van der Waals surface area contributed by atoms with Crippen LogP contribution in [0.4, 0.5) is 0 Å². The van der Waals surface area contributed by atoms with E-state index in [0.29, 0.717) is 5.92 Å². The Balaban J connectivity index is 1.85. The van der Waals surface area contributed by atoms with E-state index in [0.717, 1.165) is 24.9 Å². The van der Waals surface area contributed by atoms with Crippen LogP contribution in [0.3, 0.4) is 0 Å². The van der Waals surface area contributed by atoms with Gasteiger partial charge in [-0.15, -0.1) is 0 Å². The number of likely N-dealkylation sites (tertiary alicyclic amines) is 1. The lowest BCUT2D eigenvalue weighted by molar-refractivity contribution is -0.137. The number of rotatable bonds is 3. The summed E-state index contributed by atoms with van der Waals surface area (Å²) >= 11 is 0. The van der Waals surface area contributed by atoms with Crippen LogP contribution in [-0.2, 0) is 18.4 Å². The fourth-order valence-electron chi connectivity index (χ4n) is 3.49. The minimum Gasteiger partial charge on any atom is -0.334 e. The van der Waals surface area contributed by atoms with Crippen LogP contribution in [0.25, 0.3) is 0 Å². The van der Waals surface area contributed by atoms with Gasteiger partial charge in [-0.25, -0.2) is 9.48 Å². The summed E-state index contributed by atoms with van der Waals surface area (Å²) in [5, 5.41) is 4.00. The normalized spacial score (nSPS) is 21.0. The lowest BCUT2D eigenvalue weighted by Crippen LogP contribution is -2.44. The summed E-state index contributed by atoms with van der Waals surface area (Å²) in [5.41, 5.74) is 2.11. The van der Waals surface area contributed by atoms with Crippen molar-refractivity contribution in [1.29, 1.82) is 0 Å². The predicted molar refractivity (Wildman–Crippen MR) is 91.5 cm³/mol. The van der Waals surface area contributed by atoms with E-state index >= 15 is 0 Å². The first-order valence-electron chi connectivity index (χ1n) is 8.42. The van der Waals surface area contributed by atoms with Crippen molar-refractivity contribution < 1.29 is 4.79 Å². The number of aryl methyl sites for hydroxylation is 2. The number of hydrogen-bond acceptors (Lipinski definition) is 3. The molecule has 1 aliphatic rings. The zero-order chi connectivity index (χ0) is 17.3. The lowest BCUT2D eigenvalue weighted by Gasteiger charge is -2.40. The number of piperidine rings is 1. The highest BCUT2D eigenvalue weighted by molar-refractivity contribution is 5.76. The first-order valence-corrected chi connectivity index (χ1v) is 8.42. The van der Waals surface area contributed by atoms with Gasteiger partial charge in [0.2, 0.25) is 5.91 Å². The number of hydrogen-bond donors (Lipinski definition) is 0. The molecule has 6 heteroatoms. The smallest absolute Gasteiger partial charge is 0.334 e. The third-order valence-corrected chi connectivity index (χ3v) is 4.84. The van der Waals surface area contributed by atoms with Crippen LogP contribution in [0.2, 0.25) is 0 Å². The summed E-state index contributed by atoms with van der Waals surface area (Å²) in [4.78, 5) is 26.7. The molecule has 2 atom stereocenters. The van der Waals surface area contributed by atoms with E-state index in [4.69, 9.17) is 0 Å². The average molecular weight is 328 g/mol. The van der Waals surface area contributed by atoms with Gasteiger partial charge in [-0.1, -0.05) is 36.8 Å². The summed E-state index contributed by atoms with van der Waals surface area (Å²) in [6.07, 6.45) is 3.53. The largest absolute Gasteiger partial charge is 0.345 e. The molecule has 3 rings (SSSR count). The fraction of sp³-hybridized carbons (Fsp3) is 0.500. The Bertz CT molecular complexity index is 775. The Morgan fingerprint density at radius 3 is 2.62 bits per heavy atom. The van der Waals surface area contributed by atoms with Crippen molar-refractivity contribution in [3.8, 4) is 0 Å². The van der Waals surface area contributed by atoms with Crippen molar-refractivity contribution >= 4 is 5.91 Å². The third kappa shape index (κ3) is 3.13. The maximum Gasteiger partial charge on any atom is 0.345 e. The van der Waals surface area contributed by atoms with Crippen LogP contribution >= 0.6 is 0 Å². The van der Waals surface area contributed by atoms with Gasteiger partial charge < -0.3 is 4.90 Å². The maximum absolute atomic E-state index is 12.8. The molecule has 0 spiro atoms. The molecule has 2 aromatic rings. The van der Waals surface area contributed by atoms with Gasteiger partial charge >= 0.3 is 5.69 Å². The molecule has 1 saturated heterocycles. The molecule has 0 N–H and O–H groups in total. The molecular weight excluding hydrogens is 304 g/mol. The summed E-state index contributed by atoms with van der Waals surface area (Å²) in [7, 11) is 1.63. The molecule has 2 heterocycles. The van der Waals surface area contributed by atoms with Gasteiger partial charge in [-0.3, -0.25) is 9.36 Å². The van der Waals surface area contributed by atoms with Crippen LogP contribution < -0.4 is 5.69 Å². The molecule has 0 aliphatic carbocycles. The monoisotopic (exact) mass is 328 g/mol. The Kier molecular flexibility index (Phi) is 4.55. The topological polar surface area (TPSA) is 60.1 Å². The van der Waals surface area contributed by atoms with Gasteiger partial charge in [-0.05, 0) is 31.2 Å². The Morgan fingerprint density at radius 2 is 2.00 bits per heavy atom. The standard InChI is InChI=1S/C18H24N4O2/c1-13-6-8-15(9-7-13)17-14(2)5-4-10-21(17)16(23)11-22-18(24)20(3)12-19-22/h6-9,12,14,17H,4-5,10-11H2,1-3H3/t14-,17+/m0/s1. The maximum atomic E-state index is 12.8. The van der Waals surface area contributed by atoms with Crippen molar-refractivity contribution in [2.45, 2.75) is 39.3 Å². The van der Waals surface area contributed by atoms with E-state index in [1.54, 1.807) is 7.05 Å². The molecular formula is C18H24N4O2. The molecule has 1 aliphatic heterocycles. The first kappa shape index (κ1) is 16.5. The Morgan fingerprint density at radius 1 is 1.29 bits per heavy atom. The molecule has 24 heavy (non-hydrogen) atoms.